The summed E-state index contributed by atoms with van der Waals surface area (Å²) >= 11 is 0. The Morgan fingerprint density at radius 2 is 1.67 bits per heavy atom. The zero-order chi connectivity index (χ0) is 8.91. The van der Waals surface area contributed by atoms with Gasteiger partial charge in [0.05, 0.1) is 0 Å². The van der Waals surface area contributed by atoms with Gasteiger partial charge in [-0.3, -0.25) is 4.99 Å². The Balaban J connectivity index is 0. The molecule has 0 atom stereocenters. The fraction of sp³-hybridized carbons (Fsp3) is 0.889. The van der Waals surface area contributed by atoms with Crippen LogP contribution in [0.25, 0.3) is 0 Å². The molecular weight excluding hydrogens is 277 g/mol. The van der Waals surface area contributed by atoms with Crippen LogP contribution in [0, 0.1) is 35.6 Å². The number of aliphatic imine (C=N–C) groups is 1. The monoisotopic (exact) mass is 296 g/mol. The third-order valence-electron chi connectivity index (χ3n) is 2.24. The second-order valence-corrected chi connectivity index (χ2v) is 2.80. The SMILES string of the molecule is CCN=C(C)C(O)(CC)CC.[La]. The molecule has 0 rings (SSSR count). The molecule has 1 radical (unpaired) electrons. The van der Waals surface area contributed by atoms with Crippen LogP contribution in [0.2, 0.25) is 0 Å². The van der Waals surface area contributed by atoms with Crippen LogP contribution in [0.4, 0.5) is 0 Å². The molecule has 3 heteroatoms. The van der Waals surface area contributed by atoms with Crippen LogP contribution < -0.4 is 0 Å². The number of hydrogen-bond donors (Lipinski definition) is 1. The summed E-state index contributed by atoms with van der Waals surface area (Å²) in [6.45, 7) is 8.61. The maximum absolute atomic E-state index is 9.90. The topological polar surface area (TPSA) is 32.6 Å². The molecule has 0 saturated carbocycles. The molecule has 0 unspecified atom stereocenters. The van der Waals surface area contributed by atoms with Crippen molar-refractivity contribution < 1.29 is 40.7 Å². The van der Waals surface area contributed by atoms with Crippen LogP contribution in [0.5, 0.6) is 0 Å². The smallest absolute Gasteiger partial charge is 0.101 e. The van der Waals surface area contributed by atoms with Gasteiger partial charge in [-0.2, -0.15) is 0 Å². The zero-order valence-electron chi connectivity index (χ0n) is 8.59. The maximum Gasteiger partial charge on any atom is 0.101 e. The van der Waals surface area contributed by atoms with Gasteiger partial charge in [0, 0.05) is 47.9 Å². The van der Waals surface area contributed by atoms with Gasteiger partial charge in [0.15, 0.2) is 0 Å². The van der Waals surface area contributed by atoms with Crippen LogP contribution in [-0.4, -0.2) is 23.0 Å². The minimum atomic E-state index is -0.657. The van der Waals surface area contributed by atoms with E-state index in [9.17, 15) is 5.11 Å². The van der Waals surface area contributed by atoms with Gasteiger partial charge in [-0.25, -0.2) is 0 Å². The van der Waals surface area contributed by atoms with Gasteiger partial charge in [0.1, 0.15) is 5.60 Å². The Morgan fingerprint density at radius 3 is 1.92 bits per heavy atom. The van der Waals surface area contributed by atoms with Crippen molar-refractivity contribution >= 4 is 5.71 Å². The molecule has 0 aliphatic heterocycles. The van der Waals surface area contributed by atoms with Crippen molar-refractivity contribution in [2.45, 2.75) is 46.1 Å². The molecule has 0 bridgehead atoms. The standard InChI is InChI=1S/C9H19NO.La/c1-5-9(11,6-2)8(4)10-7-3;/h11H,5-7H2,1-4H3;. The Morgan fingerprint density at radius 1 is 1.25 bits per heavy atom. The van der Waals surface area contributed by atoms with E-state index in [0.717, 1.165) is 25.1 Å². The summed E-state index contributed by atoms with van der Waals surface area (Å²) < 4.78 is 0. The molecular formula is C9H19LaNO. The summed E-state index contributed by atoms with van der Waals surface area (Å²) in [4.78, 5) is 4.20. The fourth-order valence-corrected chi connectivity index (χ4v) is 1.15. The van der Waals surface area contributed by atoms with Crippen molar-refractivity contribution in [3.05, 3.63) is 0 Å². The molecule has 69 valence electrons. The first kappa shape index (κ1) is 15.3. The van der Waals surface area contributed by atoms with E-state index >= 15 is 0 Å². The average molecular weight is 296 g/mol. The van der Waals surface area contributed by atoms with Crippen LogP contribution >= 0.6 is 0 Å². The summed E-state index contributed by atoms with van der Waals surface area (Å²) in [5.74, 6) is 0. The van der Waals surface area contributed by atoms with E-state index in [4.69, 9.17) is 0 Å². The number of rotatable bonds is 4. The second-order valence-electron chi connectivity index (χ2n) is 2.80. The van der Waals surface area contributed by atoms with E-state index < -0.39 is 5.60 Å². The summed E-state index contributed by atoms with van der Waals surface area (Å²) in [5.41, 5.74) is 0.209. The molecule has 0 aromatic carbocycles. The normalized spacial score (nSPS) is 12.6. The van der Waals surface area contributed by atoms with Gasteiger partial charge < -0.3 is 5.11 Å². The van der Waals surface area contributed by atoms with Crippen LogP contribution in [0.3, 0.4) is 0 Å². The molecule has 0 aromatic rings. The first-order valence-corrected chi connectivity index (χ1v) is 4.34. The molecule has 0 saturated heterocycles. The average Bonchev–Trinajstić information content (AvgIpc) is 2.03. The van der Waals surface area contributed by atoms with E-state index in [1.54, 1.807) is 0 Å². The molecule has 12 heavy (non-hydrogen) atoms. The molecule has 0 heterocycles. The van der Waals surface area contributed by atoms with Gasteiger partial charge in [0.2, 0.25) is 0 Å². The second kappa shape index (κ2) is 7.25. The van der Waals surface area contributed by atoms with E-state index in [2.05, 4.69) is 4.99 Å². The summed E-state index contributed by atoms with van der Waals surface area (Å²) in [5, 5.41) is 9.90. The summed E-state index contributed by atoms with van der Waals surface area (Å²) in [6.07, 6.45) is 1.50. The molecule has 1 N–H and O–H groups in total. The van der Waals surface area contributed by atoms with E-state index in [0.29, 0.717) is 0 Å². The molecule has 0 fully saturated rings. The van der Waals surface area contributed by atoms with Gasteiger partial charge in [-0.1, -0.05) is 13.8 Å². The molecule has 0 amide bonds. The molecule has 0 aromatic heterocycles. The fourth-order valence-electron chi connectivity index (χ4n) is 1.15. The largest absolute Gasteiger partial charge is 0.384 e. The van der Waals surface area contributed by atoms with Gasteiger partial charge in [-0.15, -0.1) is 0 Å². The minimum Gasteiger partial charge on any atom is -0.384 e. The quantitative estimate of drug-likeness (QED) is 0.791. The first-order chi connectivity index (χ1) is 5.10. The van der Waals surface area contributed by atoms with Crippen molar-refractivity contribution in [2.75, 3.05) is 6.54 Å². The van der Waals surface area contributed by atoms with Crippen molar-refractivity contribution in [1.82, 2.24) is 0 Å². The van der Waals surface area contributed by atoms with E-state index in [1.807, 2.05) is 27.7 Å². The Hall–Kier alpha value is 0.825. The van der Waals surface area contributed by atoms with Gasteiger partial charge in [-0.05, 0) is 26.7 Å². The Labute approximate surface area is 103 Å². The molecule has 2 nitrogen and oxygen atoms in total. The maximum atomic E-state index is 9.90. The first-order valence-electron chi connectivity index (χ1n) is 4.34. The number of nitrogens with zero attached hydrogens (tertiary/aromatic N) is 1. The molecule has 0 aliphatic carbocycles. The van der Waals surface area contributed by atoms with Crippen LogP contribution in [-0.2, 0) is 0 Å². The molecule has 0 spiro atoms. The Bertz CT molecular complexity index is 141. The number of aliphatic hydroxyl groups is 1. The summed E-state index contributed by atoms with van der Waals surface area (Å²) in [7, 11) is 0. The summed E-state index contributed by atoms with van der Waals surface area (Å²) in [6, 6.07) is 0. The van der Waals surface area contributed by atoms with Crippen molar-refractivity contribution in [3.63, 3.8) is 0 Å². The van der Waals surface area contributed by atoms with E-state index in [1.165, 1.54) is 0 Å². The van der Waals surface area contributed by atoms with E-state index in [-0.39, 0.29) is 35.6 Å². The molecule has 0 aliphatic rings. The van der Waals surface area contributed by atoms with Crippen molar-refractivity contribution in [1.29, 1.82) is 0 Å². The predicted molar refractivity (Wildman–Crippen MR) is 49.2 cm³/mol. The minimum absolute atomic E-state index is 0. The van der Waals surface area contributed by atoms with Crippen molar-refractivity contribution in [2.24, 2.45) is 4.99 Å². The van der Waals surface area contributed by atoms with Crippen LogP contribution in [0.1, 0.15) is 40.5 Å². The van der Waals surface area contributed by atoms with Gasteiger partial charge >= 0.3 is 0 Å². The third kappa shape index (κ3) is 4.17. The third-order valence-corrected chi connectivity index (χ3v) is 2.24. The predicted octanol–water partition coefficient (Wildman–Crippen LogP) is 2.02. The van der Waals surface area contributed by atoms with Crippen LogP contribution in [0.15, 0.2) is 4.99 Å². The van der Waals surface area contributed by atoms with Crippen molar-refractivity contribution in [3.8, 4) is 0 Å². The Kier molecular flexibility index (Phi) is 9.25. The van der Waals surface area contributed by atoms with Gasteiger partial charge in [0.25, 0.3) is 0 Å². The zero-order valence-corrected chi connectivity index (χ0v) is 12.2. The number of hydrogen-bond acceptors (Lipinski definition) is 2.